The maximum Gasteiger partial charge on any atom is 0.162 e. The predicted octanol–water partition coefficient (Wildman–Crippen LogP) is 14.8. The van der Waals surface area contributed by atoms with Crippen LogP contribution < -0.4 is 0 Å². The van der Waals surface area contributed by atoms with Crippen LogP contribution in [0.2, 0.25) is 0 Å². The number of rotatable bonds is 5. The average Bonchev–Trinajstić information content (AvgIpc) is 4.03. The standard InChI is InChI=1S/C55H35N5S/c1-3-14-36(15-4-1)49-33-46-53(61-49)55(58-54(57-46)37-28-30-56-31-29-37)60-47-26-24-38(32-45(47)43-25-22-35-13-8-10-19-41(35)51(43)60)42-20-11-21-44-50-40-18-9-7-12-34(40)23-27-48(50)59(52(42)44)39-16-5-2-6-17-39/h1-5,7-16,18-33H,6,17H2. The fourth-order valence-electron chi connectivity index (χ4n) is 9.75. The minimum Gasteiger partial charge on any atom is -0.312 e. The van der Waals surface area contributed by atoms with E-state index in [4.69, 9.17) is 9.97 Å². The lowest BCUT2D eigenvalue weighted by Crippen LogP contribution is -2.02. The summed E-state index contributed by atoms with van der Waals surface area (Å²) in [5.41, 5.74) is 11.5. The quantitative estimate of drug-likeness (QED) is 0.174. The molecule has 0 bridgehead atoms. The molecule has 0 aliphatic heterocycles. The summed E-state index contributed by atoms with van der Waals surface area (Å²) in [4.78, 5) is 16.1. The van der Waals surface area contributed by atoms with Crippen molar-refractivity contribution in [3.8, 4) is 38.8 Å². The van der Waals surface area contributed by atoms with E-state index in [1.54, 1.807) is 11.3 Å². The Hall–Kier alpha value is -7.67. The molecule has 0 saturated heterocycles. The molecule has 13 rings (SSSR count). The molecule has 5 nitrogen and oxygen atoms in total. The number of pyridine rings is 1. The van der Waals surface area contributed by atoms with Gasteiger partial charge in [0.2, 0.25) is 0 Å². The fourth-order valence-corrected chi connectivity index (χ4v) is 10.8. The van der Waals surface area contributed by atoms with Crippen molar-refractivity contribution in [1.29, 1.82) is 0 Å². The predicted molar refractivity (Wildman–Crippen MR) is 257 cm³/mol. The number of nitrogens with zero attached hydrogens (tertiary/aromatic N) is 5. The first-order valence-corrected chi connectivity index (χ1v) is 21.6. The Labute approximate surface area is 354 Å². The van der Waals surface area contributed by atoms with Crippen LogP contribution in [0.5, 0.6) is 0 Å². The maximum atomic E-state index is 5.48. The second-order valence-electron chi connectivity index (χ2n) is 15.9. The molecule has 0 radical (unpaired) electrons. The largest absolute Gasteiger partial charge is 0.312 e. The normalized spacial score (nSPS) is 13.1. The molecule has 0 N–H and O–H groups in total. The van der Waals surface area contributed by atoms with Crippen LogP contribution in [0.4, 0.5) is 0 Å². The highest BCUT2D eigenvalue weighted by atomic mass is 32.1. The van der Waals surface area contributed by atoms with E-state index in [0.717, 1.165) is 50.4 Å². The zero-order valence-corrected chi connectivity index (χ0v) is 33.8. The minimum atomic E-state index is 0.674. The van der Waals surface area contributed by atoms with Gasteiger partial charge in [-0.2, -0.15) is 0 Å². The lowest BCUT2D eigenvalue weighted by atomic mass is 9.98. The Kier molecular flexibility index (Phi) is 7.53. The van der Waals surface area contributed by atoms with Gasteiger partial charge in [0.05, 0.1) is 32.3 Å². The number of benzene rings is 7. The lowest BCUT2D eigenvalue weighted by Gasteiger charge is -2.16. The third-order valence-corrected chi connectivity index (χ3v) is 13.7. The topological polar surface area (TPSA) is 48.5 Å². The molecule has 61 heavy (non-hydrogen) atoms. The van der Waals surface area contributed by atoms with Gasteiger partial charge < -0.3 is 4.57 Å². The summed E-state index contributed by atoms with van der Waals surface area (Å²) in [5.74, 6) is 1.55. The van der Waals surface area contributed by atoms with E-state index in [1.807, 2.05) is 24.5 Å². The van der Waals surface area contributed by atoms with Crippen LogP contribution in [0.15, 0.2) is 188 Å². The number of hydrogen-bond donors (Lipinski definition) is 0. The Morgan fingerprint density at radius 3 is 2.15 bits per heavy atom. The SMILES string of the molecule is C1=CCCC(n2c3ccc4ccccc4c3c3cccc(-c4ccc5c(c4)c4ccc6ccccc6c4n5-c4nc(-c5ccncc5)nc5cc(-c6ccccc6)sc45)c32)=C1. The third-order valence-electron chi connectivity index (χ3n) is 12.5. The zero-order valence-electron chi connectivity index (χ0n) is 33.0. The Morgan fingerprint density at radius 2 is 1.30 bits per heavy atom. The maximum absolute atomic E-state index is 5.48. The summed E-state index contributed by atoms with van der Waals surface area (Å²) in [6, 6.07) is 57.3. The van der Waals surface area contributed by atoms with E-state index in [1.165, 1.54) is 76.5 Å². The highest BCUT2D eigenvalue weighted by Crippen LogP contribution is 2.45. The lowest BCUT2D eigenvalue weighted by molar-refractivity contribution is 0.980. The molecule has 7 aromatic carbocycles. The van der Waals surface area contributed by atoms with Crippen molar-refractivity contribution >= 4 is 92.4 Å². The number of hydrogen-bond acceptors (Lipinski definition) is 4. The summed E-state index contributed by atoms with van der Waals surface area (Å²) in [5, 5.41) is 9.85. The van der Waals surface area contributed by atoms with Gasteiger partial charge in [0.1, 0.15) is 0 Å². The molecule has 0 atom stereocenters. The molecule has 0 amide bonds. The molecule has 5 aromatic heterocycles. The average molecular weight is 798 g/mol. The van der Waals surface area contributed by atoms with Crippen molar-refractivity contribution in [2.24, 2.45) is 0 Å². The highest BCUT2D eigenvalue weighted by molar-refractivity contribution is 7.22. The fraction of sp³-hybridized carbons (Fsp3) is 0.0364. The van der Waals surface area contributed by atoms with Crippen LogP contribution in [0.1, 0.15) is 12.8 Å². The number of fused-ring (bicyclic) bond motifs is 11. The van der Waals surface area contributed by atoms with E-state index >= 15 is 0 Å². The smallest absolute Gasteiger partial charge is 0.162 e. The van der Waals surface area contributed by atoms with Gasteiger partial charge in [-0.15, -0.1) is 11.3 Å². The molecule has 0 unspecified atom stereocenters. The number of para-hydroxylation sites is 1. The Balaban J connectivity index is 1.13. The first kappa shape index (κ1) is 34.2. The van der Waals surface area contributed by atoms with Gasteiger partial charge in [0, 0.05) is 61.0 Å². The third kappa shape index (κ3) is 5.22. The van der Waals surface area contributed by atoms with Gasteiger partial charge in [-0.05, 0) is 82.6 Å². The van der Waals surface area contributed by atoms with Crippen LogP contribution in [0, 0.1) is 0 Å². The molecular weight excluding hydrogens is 763 g/mol. The Morgan fingerprint density at radius 1 is 0.525 bits per heavy atom. The molecular formula is C55H35N5S. The molecule has 12 aromatic rings. The molecule has 0 fully saturated rings. The number of allylic oxidation sites excluding steroid dienone is 4. The molecule has 0 spiro atoms. The van der Waals surface area contributed by atoms with Crippen LogP contribution in [-0.4, -0.2) is 24.1 Å². The van der Waals surface area contributed by atoms with Crippen molar-refractivity contribution in [2.75, 3.05) is 0 Å². The van der Waals surface area contributed by atoms with Gasteiger partial charge in [-0.25, -0.2) is 9.97 Å². The number of thiophene rings is 1. The van der Waals surface area contributed by atoms with Crippen molar-refractivity contribution < 1.29 is 0 Å². The van der Waals surface area contributed by atoms with E-state index in [0.29, 0.717) is 5.82 Å². The van der Waals surface area contributed by atoms with Crippen LogP contribution in [-0.2, 0) is 0 Å². The minimum absolute atomic E-state index is 0.674. The molecule has 286 valence electrons. The van der Waals surface area contributed by atoms with Crippen LogP contribution >= 0.6 is 11.3 Å². The van der Waals surface area contributed by atoms with Crippen molar-refractivity contribution in [2.45, 2.75) is 12.8 Å². The first-order chi connectivity index (χ1) is 30.3. The summed E-state index contributed by atoms with van der Waals surface area (Å²) in [6.45, 7) is 0. The second-order valence-corrected chi connectivity index (χ2v) is 16.9. The van der Waals surface area contributed by atoms with Crippen LogP contribution in [0.25, 0.3) is 120 Å². The van der Waals surface area contributed by atoms with Crippen molar-refractivity contribution in [3.05, 3.63) is 188 Å². The second kappa shape index (κ2) is 13.4. The molecule has 0 saturated carbocycles. The summed E-state index contributed by atoms with van der Waals surface area (Å²) < 4.78 is 5.99. The van der Waals surface area contributed by atoms with Crippen LogP contribution in [0.3, 0.4) is 0 Å². The summed E-state index contributed by atoms with van der Waals surface area (Å²) in [6.07, 6.45) is 12.4. The summed E-state index contributed by atoms with van der Waals surface area (Å²) >= 11 is 1.75. The zero-order chi connectivity index (χ0) is 40.0. The molecule has 5 heterocycles. The van der Waals surface area contributed by atoms with Gasteiger partial charge in [0.25, 0.3) is 0 Å². The van der Waals surface area contributed by atoms with Gasteiger partial charge >= 0.3 is 0 Å². The highest BCUT2D eigenvalue weighted by Gasteiger charge is 2.24. The van der Waals surface area contributed by atoms with Gasteiger partial charge in [-0.3, -0.25) is 9.55 Å². The molecule has 6 heteroatoms. The van der Waals surface area contributed by atoms with Crippen molar-refractivity contribution in [3.63, 3.8) is 0 Å². The van der Waals surface area contributed by atoms with E-state index in [2.05, 4.69) is 178 Å². The van der Waals surface area contributed by atoms with Crippen molar-refractivity contribution in [1.82, 2.24) is 24.1 Å². The molecule has 1 aliphatic carbocycles. The van der Waals surface area contributed by atoms with E-state index in [9.17, 15) is 0 Å². The monoisotopic (exact) mass is 797 g/mol. The first-order valence-electron chi connectivity index (χ1n) is 20.8. The van der Waals surface area contributed by atoms with Gasteiger partial charge in [-0.1, -0.05) is 133 Å². The van der Waals surface area contributed by atoms with E-state index < -0.39 is 0 Å². The number of aromatic nitrogens is 5. The van der Waals surface area contributed by atoms with E-state index in [-0.39, 0.29) is 0 Å². The molecule has 1 aliphatic rings. The van der Waals surface area contributed by atoms with Gasteiger partial charge in [0.15, 0.2) is 11.6 Å². The Bertz CT molecular complexity index is 3810. The summed E-state index contributed by atoms with van der Waals surface area (Å²) in [7, 11) is 0.